The lowest BCUT2D eigenvalue weighted by Gasteiger charge is -2.16. The molecule has 1 heterocycles. The monoisotopic (exact) mass is 338 g/mol. The van der Waals surface area contributed by atoms with Gasteiger partial charge in [-0.1, -0.05) is 60.2 Å². The Labute approximate surface area is 150 Å². The fraction of sp³-hybridized carbons (Fsp3) is 0.409. The maximum atomic E-state index is 12.9. The lowest BCUT2D eigenvalue weighted by Crippen LogP contribution is -2.31. The average molecular weight is 338 g/mol. The van der Waals surface area contributed by atoms with Gasteiger partial charge in [0, 0.05) is 5.56 Å². The second kappa shape index (κ2) is 7.51. The summed E-state index contributed by atoms with van der Waals surface area (Å²) in [7, 11) is 0. The molecule has 0 amide bonds. The van der Waals surface area contributed by atoms with Gasteiger partial charge in [-0.3, -0.25) is 4.79 Å². The van der Waals surface area contributed by atoms with Gasteiger partial charge in [0.05, 0.1) is 6.10 Å². The minimum absolute atomic E-state index is 0.00952. The van der Waals surface area contributed by atoms with Gasteiger partial charge in [-0.25, -0.2) is 0 Å². The van der Waals surface area contributed by atoms with Crippen LogP contribution in [-0.2, 0) is 15.9 Å². The third kappa shape index (κ3) is 4.56. The normalized spacial score (nSPS) is 22.0. The molecule has 3 heteroatoms. The highest BCUT2D eigenvalue weighted by Gasteiger charge is 2.44. The van der Waals surface area contributed by atoms with Gasteiger partial charge in [-0.15, -0.1) is 0 Å². The van der Waals surface area contributed by atoms with Crippen LogP contribution in [-0.4, -0.2) is 23.8 Å². The quantitative estimate of drug-likeness (QED) is 0.715. The van der Waals surface area contributed by atoms with Crippen LogP contribution in [0.15, 0.2) is 54.6 Å². The molecule has 3 nitrogen and oxygen atoms in total. The van der Waals surface area contributed by atoms with Crippen molar-refractivity contribution >= 4 is 5.78 Å². The summed E-state index contributed by atoms with van der Waals surface area (Å²) in [6.07, 6.45) is 2.01. The van der Waals surface area contributed by atoms with E-state index < -0.39 is 11.9 Å². The van der Waals surface area contributed by atoms with E-state index in [1.165, 1.54) is 5.56 Å². The zero-order valence-corrected chi connectivity index (χ0v) is 15.2. The minimum Gasteiger partial charge on any atom is -0.344 e. The molecule has 2 atom stereocenters. The van der Waals surface area contributed by atoms with E-state index in [0.29, 0.717) is 5.56 Å². The number of carbonyl (C=O) groups is 1. The number of ketones is 1. The van der Waals surface area contributed by atoms with Gasteiger partial charge < -0.3 is 9.47 Å². The average Bonchev–Trinajstić information content (AvgIpc) is 2.91. The third-order valence-electron chi connectivity index (χ3n) is 4.58. The fourth-order valence-electron chi connectivity index (χ4n) is 3.30. The van der Waals surface area contributed by atoms with Crippen molar-refractivity contribution in [2.75, 3.05) is 0 Å². The maximum Gasteiger partial charge on any atom is 0.194 e. The lowest BCUT2D eigenvalue weighted by atomic mass is 9.97. The van der Waals surface area contributed by atoms with Gasteiger partial charge in [-0.05, 0) is 45.6 Å². The summed E-state index contributed by atoms with van der Waals surface area (Å²) in [5.41, 5.74) is 3.13. The predicted octanol–water partition coefficient (Wildman–Crippen LogP) is 4.72. The molecule has 1 saturated heterocycles. The molecule has 1 aliphatic rings. The number of ether oxygens (including phenoxy) is 2. The van der Waals surface area contributed by atoms with Crippen molar-refractivity contribution in [3.63, 3.8) is 0 Å². The zero-order chi connectivity index (χ0) is 17.9. The van der Waals surface area contributed by atoms with E-state index in [0.717, 1.165) is 24.8 Å². The number of hydrogen-bond acceptors (Lipinski definition) is 3. The van der Waals surface area contributed by atoms with Gasteiger partial charge in [0.25, 0.3) is 0 Å². The number of aryl methyl sites for hydroxylation is 2. The van der Waals surface area contributed by atoms with Gasteiger partial charge >= 0.3 is 0 Å². The molecule has 1 fully saturated rings. The second-order valence-electron chi connectivity index (χ2n) is 7.20. The first kappa shape index (κ1) is 17.8. The molecule has 0 aromatic heterocycles. The predicted molar refractivity (Wildman–Crippen MR) is 98.7 cm³/mol. The summed E-state index contributed by atoms with van der Waals surface area (Å²) in [4.78, 5) is 12.9. The molecule has 0 unspecified atom stereocenters. The van der Waals surface area contributed by atoms with Crippen molar-refractivity contribution in [2.24, 2.45) is 0 Å². The van der Waals surface area contributed by atoms with Crippen LogP contribution in [0.1, 0.15) is 48.2 Å². The summed E-state index contributed by atoms with van der Waals surface area (Å²) < 4.78 is 12.0. The molecule has 2 aromatic rings. The van der Waals surface area contributed by atoms with Gasteiger partial charge in [-0.2, -0.15) is 0 Å². The van der Waals surface area contributed by atoms with Crippen LogP contribution in [0.4, 0.5) is 0 Å². The standard InChI is InChI=1S/C22H26O3/c1-16-12-14-18(15-13-16)20(23)21-19(24-22(2,3)25-21)11-7-10-17-8-5-4-6-9-17/h4-6,8-9,12-15,19,21H,7,10-11H2,1-3H3/t19-,21-/m1/s1. The maximum absolute atomic E-state index is 12.9. The molecule has 0 spiro atoms. The Morgan fingerprint density at radius 1 is 1.00 bits per heavy atom. The first-order valence-corrected chi connectivity index (χ1v) is 8.95. The Bertz CT molecular complexity index is 704. The first-order valence-electron chi connectivity index (χ1n) is 8.95. The highest BCUT2D eigenvalue weighted by molar-refractivity contribution is 6.00. The smallest absolute Gasteiger partial charge is 0.194 e. The summed E-state index contributed by atoms with van der Waals surface area (Å²) >= 11 is 0. The van der Waals surface area contributed by atoms with E-state index in [2.05, 4.69) is 24.3 Å². The number of hydrogen-bond donors (Lipinski definition) is 0. The van der Waals surface area contributed by atoms with Crippen molar-refractivity contribution in [3.05, 3.63) is 71.3 Å². The van der Waals surface area contributed by atoms with Crippen molar-refractivity contribution in [2.45, 2.75) is 58.0 Å². The molecular formula is C22H26O3. The van der Waals surface area contributed by atoms with Crippen LogP contribution in [0.5, 0.6) is 0 Å². The second-order valence-corrected chi connectivity index (χ2v) is 7.20. The third-order valence-corrected chi connectivity index (χ3v) is 4.58. The minimum atomic E-state index is -0.720. The molecule has 0 saturated carbocycles. The van der Waals surface area contributed by atoms with E-state index in [-0.39, 0.29) is 11.9 Å². The highest BCUT2D eigenvalue weighted by Crippen LogP contribution is 2.32. The van der Waals surface area contributed by atoms with Crippen LogP contribution < -0.4 is 0 Å². The van der Waals surface area contributed by atoms with Crippen molar-refractivity contribution < 1.29 is 14.3 Å². The molecule has 3 rings (SSSR count). The summed E-state index contributed by atoms with van der Waals surface area (Å²) in [5, 5.41) is 0. The number of rotatable bonds is 6. The van der Waals surface area contributed by atoms with Crippen LogP contribution in [0.2, 0.25) is 0 Å². The molecule has 0 bridgehead atoms. The summed E-state index contributed by atoms with van der Waals surface area (Å²) in [6, 6.07) is 18.0. The van der Waals surface area contributed by atoms with E-state index >= 15 is 0 Å². The molecule has 2 aromatic carbocycles. The van der Waals surface area contributed by atoms with E-state index in [9.17, 15) is 4.79 Å². The van der Waals surface area contributed by atoms with Crippen LogP contribution in [0, 0.1) is 6.92 Å². The van der Waals surface area contributed by atoms with Gasteiger partial charge in [0.15, 0.2) is 11.6 Å². The Hall–Kier alpha value is -1.97. The van der Waals surface area contributed by atoms with Crippen molar-refractivity contribution in [3.8, 4) is 0 Å². The van der Waals surface area contributed by atoms with E-state index in [4.69, 9.17) is 9.47 Å². The zero-order valence-electron chi connectivity index (χ0n) is 15.2. The van der Waals surface area contributed by atoms with E-state index in [1.807, 2.05) is 51.1 Å². The van der Waals surface area contributed by atoms with Gasteiger partial charge in [0.1, 0.15) is 6.10 Å². The molecule has 0 N–H and O–H groups in total. The highest BCUT2D eigenvalue weighted by atomic mass is 16.8. The number of carbonyl (C=O) groups excluding carboxylic acids is 1. The molecular weight excluding hydrogens is 312 g/mol. The molecule has 1 aliphatic heterocycles. The Balaban J connectivity index is 1.66. The van der Waals surface area contributed by atoms with Crippen LogP contribution in [0.25, 0.3) is 0 Å². The molecule has 0 radical (unpaired) electrons. The topological polar surface area (TPSA) is 35.5 Å². The number of Topliss-reactive ketones (excluding diaryl/α,β-unsaturated/α-hetero) is 1. The Kier molecular flexibility index (Phi) is 5.36. The van der Waals surface area contributed by atoms with Crippen molar-refractivity contribution in [1.29, 1.82) is 0 Å². The largest absolute Gasteiger partial charge is 0.344 e. The summed E-state index contributed by atoms with van der Waals surface area (Å²) in [6.45, 7) is 5.76. The lowest BCUT2D eigenvalue weighted by molar-refractivity contribution is -0.143. The van der Waals surface area contributed by atoms with Crippen LogP contribution >= 0.6 is 0 Å². The van der Waals surface area contributed by atoms with Crippen LogP contribution in [0.3, 0.4) is 0 Å². The molecule has 0 aliphatic carbocycles. The molecule has 25 heavy (non-hydrogen) atoms. The Morgan fingerprint density at radius 3 is 2.36 bits per heavy atom. The summed E-state index contributed by atoms with van der Waals surface area (Å²) in [5.74, 6) is -0.710. The van der Waals surface area contributed by atoms with Gasteiger partial charge in [0.2, 0.25) is 0 Å². The number of benzene rings is 2. The van der Waals surface area contributed by atoms with Crippen molar-refractivity contribution in [1.82, 2.24) is 0 Å². The van der Waals surface area contributed by atoms with E-state index in [1.54, 1.807) is 0 Å². The Morgan fingerprint density at radius 2 is 1.68 bits per heavy atom. The SMILES string of the molecule is Cc1ccc(C(=O)[C@@H]2OC(C)(C)O[C@@H]2CCCc2ccccc2)cc1. The fourth-order valence-corrected chi connectivity index (χ4v) is 3.30. The molecule has 132 valence electrons. The first-order chi connectivity index (χ1) is 11.9.